The van der Waals surface area contributed by atoms with Crippen molar-refractivity contribution in [2.45, 2.75) is 30.9 Å². The van der Waals surface area contributed by atoms with Gasteiger partial charge in [-0.1, -0.05) is 6.08 Å². The number of nitrogens with one attached hydrogen (secondary N) is 2. The fourth-order valence-electron chi connectivity index (χ4n) is 1.45. The van der Waals surface area contributed by atoms with Crippen LogP contribution in [-0.4, -0.2) is 34.5 Å². The summed E-state index contributed by atoms with van der Waals surface area (Å²) in [6.07, 6.45) is 4.82. The highest BCUT2D eigenvalue weighted by Crippen LogP contribution is 2.48. The Hall–Kier alpha value is -0.560. The number of allylic oxidation sites excluding steroid dienone is 1. The molecule has 6 heteroatoms. The van der Waals surface area contributed by atoms with E-state index >= 15 is 0 Å². The number of rotatable bonds is 5. The summed E-state index contributed by atoms with van der Waals surface area (Å²) in [6.45, 7) is 5.71. The summed E-state index contributed by atoms with van der Waals surface area (Å²) in [7, 11) is 3.75. The predicted molar refractivity (Wildman–Crippen MR) is 73.8 cm³/mol. The molecule has 18 heavy (non-hydrogen) atoms. The molecule has 2 unspecified atom stereocenters. The second-order valence-electron chi connectivity index (χ2n) is 5.03. The van der Waals surface area contributed by atoms with Crippen molar-refractivity contribution in [1.29, 1.82) is 0 Å². The lowest BCUT2D eigenvalue weighted by atomic mass is 10.3. The maximum Gasteiger partial charge on any atom is 0.240 e. The van der Waals surface area contributed by atoms with E-state index in [0.717, 1.165) is 23.8 Å². The summed E-state index contributed by atoms with van der Waals surface area (Å²) < 4.78 is 0.969. The Balaban J connectivity index is 0.000000492. The smallest absolute Gasteiger partial charge is 0.240 e. The Kier molecular flexibility index (Phi) is 5.65. The lowest BCUT2D eigenvalue weighted by Crippen LogP contribution is -2.37. The van der Waals surface area contributed by atoms with Crippen LogP contribution in [0.2, 0.25) is 0 Å². The van der Waals surface area contributed by atoms with Crippen LogP contribution in [0.3, 0.4) is 0 Å². The first-order chi connectivity index (χ1) is 8.45. The Labute approximate surface area is 113 Å². The van der Waals surface area contributed by atoms with Crippen molar-refractivity contribution in [2.75, 3.05) is 14.1 Å². The maximum atomic E-state index is 11.5. The van der Waals surface area contributed by atoms with Crippen molar-refractivity contribution >= 4 is 17.9 Å². The average Bonchev–Trinajstić information content (AvgIpc) is 3.15. The molecule has 5 nitrogen and oxygen atoms in total. The highest BCUT2D eigenvalue weighted by Gasteiger charge is 2.43. The molecule has 0 aliphatic heterocycles. The van der Waals surface area contributed by atoms with Crippen LogP contribution in [0.5, 0.6) is 0 Å². The van der Waals surface area contributed by atoms with Gasteiger partial charge in [0.05, 0.1) is 0 Å². The van der Waals surface area contributed by atoms with Gasteiger partial charge in [-0.3, -0.25) is 15.4 Å². The molecule has 2 saturated carbocycles. The van der Waals surface area contributed by atoms with E-state index in [9.17, 15) is 10.0 Å². The summed E-state index contributed by atoms with van der Waals surface area (Å²) in [4.78, 5) is 11.5. The molecule has 0 saturated heterocycles. The Bertz CT molecular complexity index is 308. The minimum absolute atomic E-state index is 0.00441. The van der Waals surface area contributed by atoms with Gasteiger partial charge in [0.15, 0.2) is 0 Å². The van der Waals surface area contributed by atoms with Crippen LogP contribution in [0.15, 0.2) is 12.7 Å². The van der Waals surface area contributed by atoms with Crippen LogP contribution in [0.25, 0.3) is 0 Å². The zero-order valence-corrected chi connectivity index (χ0v) is 12.1. The van der Waals surface area contributed by atoms with Gasteiger partial charge in [0.2, 0.25) is 5.91 Å². The van der Waals surface area contributed by atoms with Crippen molar-refractivity contribution in [3.8, 4) is 0 Å². The van der Waals surface area contributed by atoms with Crippen LogP contribution >= 0.6 is 11.9 Å². The number of carbonyl (C=O) groups is 1. The molecular formula is C12H23N3O2S. The number of hydrogen-bond donors (Lipinski definition) is 3. The zero-order chi connectivity index (χ0) is 13.8. The molecule has 1 amide bonds. The number of hydrazine groups is 1. The van der Waals surface area contributed by atoms with Gasteiger partial charge in [-0.15, -0.1) is 6.58 Å². The molecule has 3 N–H and O–H groups in total. The molecule has 0 aromatic rings. The molecule has 104 valence electrons. The monoisotopic (exact) mass is 273 g/mol. The number of amides is 1. The molecule has 0 bridgehead atoms. The Morgan fingerprint density at radius 2 is 2.11 bits per heavy atom. The highest BCUT2D eigenvalue weighted by molar-refractivity contribution is 7.98. The minimum atomic E-state index is -0.112. The summed E-state index contributed by atoms with van der Waals surface area (Å²) in [5.41, 5.74) is 2.47. The number of hydrogen-bond acceptors (Lipinski definition) is 5. The Morgan fingerprint density at radius 1 is 1.56 bits per heavy atom. The van der Waals surface area contributed by atoms with E-state index in [0.29, 0.717) is 5.92 Å². The predicted octanol–water partition coefficient (Wildman–Crippen LogP) is 1.57. The third kappa shape index (κ3) is 4.97. The van der Waals surface area contributed by atoms with Gasteiger partial charge in [0.25, 0.3) is 0 Å². The van der Waals surface area contributed by atoms with E-state index in [-0.39, 0.29) is 16.6 Å². The fraction of sp³-hybridized carbons (Fsp3) is 0.750. The molecule has 2 aliphatic rings. The standard InChI is InChI=1S/C10H16N2O2S.C2H7N/c1-3-7-6-8(7)9(13)11-12(14)15-10(2)4-5-10;1-3-2/h3,7-8,14H,1,4-6H2,2H3,(H,11,13);3H,1-2H3. The SMILES string of the molecule is C=CC1CC1C(=O)NN(O)SC1(C)CC1.CNC. The molecule has 2 aliphatic carbocycles. The normalized spacial score (nSPS) is 26.9. The van der Waals surface area contributed by atoms with Crippen LogP contribution < -0.4 is 10.7 Å². The molecule has 0 radical (unpaired) electrons. The van der Waals surface area contributed by atoms with Crippen LogP contribution in [0, 0.1) is 11.8 Å². The van der Waals surface area contributed by atoms with Crippen molar-refractivity contribution in [3.63, 3.8) is 0 Å². The molecule has 0 spiro atoms. The molecule has 2 fully saturated rings. The highest BCUT2D eigenvalue weighted by atomic mass is 32.2. The first-order valence-corrected chi connectivity index (χ1v) is 6.93. The summed E-state index contributed by atoms with van der Waals surface area (Å²) in [6, 6.07) is 0. The van der Waals surface area contributed by atoms with E-state index in [1.807, 2.05) is 14.1 Å². The first kappa shape index (κ1) is 15.5. The van der Waals surface area contributed by atoms with Crippen LogP contribution in [0.4, 0.5) is 0 Å². The summed E-state index contributed by atoms with van der Waals surface area (Å²) in [5, 5.41) is 12.2. The lowest BCUT2D eigenvalue weighted by molar-refractivity contribution is -0.135. The van der Waals surface area contributed by atoms with Crippen molar-refractivity contribution in [1.82, 2.24) is 15.3 Å². The van der Waals surface area contributed by atoms with Crippen molar-refractivity contribution in [3.05, 3.63) is 12.7 Å². The molecule has 2 rings (SSSR count). The minimum Gasteiger partial charge on any atom is -0.323 e. The third-order valence-electron chi connectivity index (χ3n) is 2.95. The van der Waals surface area contributed by atoms with Gasteiger partial charge in [-0.05, 0) is 62.7 Å². The summed E-state index contributed by atoms with van der Waals surface area (Å²) >= 11 is 1.28. The largest absolute Gasteiger partial charge is 0.323 e. The van der Waals surface area contributed by atoms with E-state index in [2.05, 4.69) is 24.2 Å². The van der Waals surface area contributed by atoms with Crippen LogP contribution in [-0.2, 0) is 4.79 Å². The zero-order valence-electron chi connectivity index (χ0n) is 11.3. The molecular weight excluding hydrogens is 250 g/mol. The quantitative estimate of drug-likeness (QED) is 0.403. The van der Waals surface area contributed by atoms with E-state index in [1.54, 1.807) is 6.08 Å². The van der Waals surface area contributed by atoms with Gasteiger partial charge in [-0.25, -0.2) is 0 Å². The van der Waals surface area contributed by atoms with E-state index in [4.69, 9.17) is 0 Å². The topological polar surface area (TPSA) is 64.6 Å². The van der Waals surface area contributed by atoms with E-state index in [1.165, 1.54) is 11.9 Å². The summed E-state index contributed by atoms with van der Waals surface area (Å²) in [5.74, 6) is 0.184. The third-order valence-corrected chi connectivity index (χ3v) is 4.06. The van der Waals surface area contributed by atoms with Gasteiger partial charge < -0.3 is 5.32 Å². The van der Waals surface area contributed by atoms with Gasteiger partial charge in [-0.2, -0.15) is 0 Å². The van der Waals surface area contributed by atoms with Crippen LogP contribution in [0.1, 0.15) is 26.2 Å². The molecule has 2 atom stereocenters. The average molecular weight is 273 g/mol. The first-order valence-electron chi connectivity index (χ1n) is 6.15. The maximum absolute atomic E-state index is 11.5. The van der Waals surface area contributed by atoms with E-state index < -0.39 is 0 Å². The van der Waals surface area contributed by atoms with Gasteiger partial charge in [0, 0.05) is 10.7 Å². The van der Waals surface area contributed by atoms with Crippen molar-refractivity contribution < 1.29 is 10.0 Å². The fourth-order valence-corrected chi connectivity index (χ4v) is 2.29. The molecule has 0 heterocycles. The second kappa shape index (κ2) is 6.56. The molecule has 0 aromatic carbocycles. The second-order valence-corrected chi connectivity index (χ2v) is 6.55. The Morgan fingerprint density at radius 3 is 2.50 bits per heavy atom. The van der Waals surface area contributed by atoms with Crippen molar-refractivity contribution in [2.24, 2.45) is 11.8 Å². The van der Waals surface area contributed by atoms with Gasteiger partial charge in [0.1, 0.15) is 0 Å². The number of nitrogens with zero attached hydrogens (tertiary/aromatic N) is 1. The number of carbonyl (C=O) groups excluding carboxylic acids is 1. The lowest BCUT2D eigenvalue weighted by Gasteiger charge is -2.17. The van der Waals surface area contributed by atoms with Gasteiger partial charge >= 0.3 is 0 Å². The molecule has 0 aromatic heterocycles.